The largest absolute Gasteiger partial charge is 0.394 e. The van der Waals surface area contributed by atoms with E-state index in [9.17, 15) is 13.5 Å². The van der Waals surface area contributed by atoms with Crippen molar-refractivity contribution in [2.75, 3.05) is 12.9 Å². The maximum atomic E-state index is 11.6. The van der Waals surface area contributed by atoms with Gasteiger partial charge in [-0.1, -0.05) is 41.6 Å². The third kappa shape index (κ3) is 5.91. The first-order valence-corrected chi connectivity index (χ1v) is 12.6. The second-order valence-electron chi connectivity index (χ2n) is 8.08. The van der Waals surface area contributed by atoms with Crippen LogP contribution in [0.3, 0.4) is 0 Å². The van der Waals surface area contributed by atoms with Gasteiger partial charge in [-0.25, -0.2) is 13.1 Å². The zero-order chi connectivity index (χ0) is 23.3. The number of nitrogens with zero attached hydrogens (tertiary/aromatic N) is 4. The normalized spacial score (nSPS) is 12.5. The monoisotopic (exact) mass is 462 g/mol. The van der Waals surface area contributed by atoms with Gasteiger partial charge in [-0.15, -0.1) is 5.10 Å². The molecule has 170 valence electrons. The van der Waals surface area contributed by atoms with Crippen molar-refractivity contribution in [3.8, 4) is 11.1 Å². The van der Waals surface area contributed by atoms with E-state index in [0.717, 1.165) is 35.2 Å². The molecule has 0 aliphatic carbocycles. The zero-order valence-corrected chi connectivity index (χ0v) is 19.2. The number of rotatable bonds is 9. The van der Waals surface area contributed by atoms with Crippen LogP contribution in [0.15, 0.2) is 84.1 Å². The summed E-state index contributed by atoms with van der Waals surface area (Å²) in [5, 5.41) is 18.4. The maximum Gasteiger partial charge on any atom is 0.175 e. The highest BCUT2D eigenvalue weighted by atomic mass is 32.2. The third-order valence-electron chi connectivity index (χ3n) is 5.60. The first-order valence-electron chi connectivity index (χ1n) is 10.7. The molecule has 7 nitrogen and oxygen atoms in total. The third-order valence-corrected chi connectivity index (χ3v) is 6.73. The molecule has 8 heteroatoms. The van der Waals surface area contributed by atoms with Gasteiger partial charge in [0.1, 0.15) is 0 Å². The average molecular weight is 463 g/mol. The lowest BCUT2D eigenvalue weighted by Gasteiger charge is -2.14. The molecule has 0 spiro atoms. The molecule has 0 unspecified atom stereocenters. The van der Waals surface area contributed by atoms with Gasteiger partial charge in [0.2, 0.25) is 0 Å². The fourth-order valence-corrected chi connectivity index (χ4v) is 4.30. The van der Waals surface area contributed by atoms with Crippen LogP contribution in [0, 0.1) is 0 Å². The summed E-state index contributed by atoms with van der Waals surface area (Å²) < 4.78 is 25.0. The van der Waals surface area contributed by atoms with Crippen molar-refractivity contribution in [3.63, 3.8) is 0 Å². The molecule has 0 bridgehead atoms. The summed E-state index contributed by atoms with van der Waals surface area (Å²) in [5.41, 5.74) is 5.10. The van der Waals surface area contributed by atoms with Crippen LogP contribution < -0.4 is 0 Å². The minimum atomic E-state index is -3.21. The van der Waals surface area contributed by atoms with Gasteiger partial charge in [0.25, 0.3) is 0 Å². The Balaban J connectivity index is 1.40. The van der Waals surface area contributed by atoms with Crippen molar-refractivity contribution in [2.45, 2.75) is 30.2 Å². The van der Waals surface area contributed by atoms with Crippen LogP contribution >= 0.6 is 0 Å². The second-order valence-corrected chi connectivity index (χ2v) is 10.1. The summed E-state index contributed by atoms with van der Waals surface area (Å²) in [6, 6.07) is 18.7. The molecule has 2 aromatic carbocycles. The SMILES string of the molecule is CS(=O)(=O)c1ccc(-c2ccc(C[C@@H](CO)n3cc(CCc4ccncc4)nn3)cc2)cc1. The summed E-state index contributed by atoms with van der Waals surface area (Å²) in [5.74, 6) is 0. The standard InChI is InChI=1S/C25H26N4O3S/c1-33(31,32)25-10-7-22(8-11-25)21-5-2-20(3-6-21)16-24(18-30)29-17-23(27-28-29)9-4-19-12-14-26-15-13-19/h2-3,5-8,10-15,17,24,30H,4,9,16,18H2,1H3/t24-/m0/s1. The number of aryl methyl sites for hydroxylation is 2. The second kappa shape index (κ2) is 10.1. The van der Waals surface area contributed by atoms with E-state index in [2.05, 4.69) is 15.3 Å². The molecule has 4 aromatic rings. The fraction of sp³-hybridized carbons (Fsp3) is 0.240. The highest BCUT2D eigenvalue weighted by Crippen LogP contribution is 2.23. The Bertz CT molecular complexity index is 1290. The summed E-state index contributed by atoms with van der Waals surface area (Å²) in [7, 11) is -3.21. The Hall–Kier alpha value is -3.36. The van der Waals surface area contributed by atoms with Gasteiger partial charge in [0, 0.05) is 24.8 Å². The highest BCUT2D eigenvalue weighted by Gasteiger charge is 2.14. The number of hydrogen-bond donors (Lipinski definition) is 1. The Kier molecular flexibility index (Phi) is 6.96. The minimum absolute atomic E-state index is 0.0398. The maximum absolute atomic E-state index is 11.6. The van der Waals surface area contributed by atoms with E-state index in [-0.39, 0.29) is 12.6 Å². The van der Waals surface area contributed by atoms with Crippen molar-refractivity contribution < 1.29 is 13.5 Å². The van der Waals surface area contributed by atoms with E-state index in [1.807, 2.05) is 54.7 Å². The van der Waals surface area contributed by atoms with Crippen molar-refractivity contribution in [3.05, 3.63) is 96.1 Å². The molecule has 4 rings (SSSR count). The average Bonchev–Trinajstić information content (AvgIpc) is 3.31. The number of aromatic nitrogens is 4. The number of aliphatic hydroxyl groups is 1. The van der Waals surface area contributed by atoms with Gasteiger partial charge in [0.05, 0.1) is 23.2 Å². The summed E-state index contributed by atoms with van der Waals surface area (Å²) in [4.78, 5) is 4.34. The number of sulfone groups is 1. The summed E-state index contributed by atoms with van der Waals surface area (Å²) >= 11 is 0. The Morgan fingerprint density at radius 2 is 1.52 bits per heavy atom. The molecule has 0 saturated carbocycles. The first-order chi connectivity index (χ1) is 15.9. The van der Waals surface area contributed by atoms with Crippen LogP contribution in [-0.4, -0.2) is 46.4 Å². The number of aliphatic hydroxyl groups excluding tert-OH is 1. The minimum Gasteiger partial charge on any atom is -0.394 e. The van der Waals surface area contributed by atoms with Gasteiger partial charge in [-0.05, 0) is 65.8 Å². The Labute approximate surface area is 193 Å². The molecule has 0 amide bonds. The molecule has 1 N–H and O–H groups in total. The molecular formula is C25H26N4O3S. The van der Waals surface area contributed by atoms with E-state index in [1.54, 1.807) is 29.2 Å². The summed E-state index contributed by atoms with van der Waals surface area (Å²) in [6.07, 6.45) is 8.92. The van der Waals surface area contributed by atoms with Crippen molar-refractivity contribution in [1.29, 1.82) is 0 Å². The van der Waals surface area contributed by atoms with Crippen LogP contribution in [0.25, 0.3) is 11.1 Å². The molecule has 0 fully saturated rings. The number of pyridine rings is 1. The fourth-order valence-electron chi connectivity index (χ4n) is 3.67. The molecule has 1 atom stereocenters. The van der Waals surface area contributed by atoms with Crippen LogP contribution in [0.1, 0.15) is 22.9 Å². The molecule has 0 radical (unpaired) electrons. The molecule has 0 aliphatic heterocycles. The predicted molar refractivity (Wildman–Crippen MR) is 126 cm³/mol. The zero-order valence-electron chi connectivity index (χ0n) is 18.4. The molecule has 2 heterocycles. The van der Waals surface area contributed by atoms with Crippen LogP contribution in [0.5, 0.6) is 0 Å². The van der Waals surface area contributed by atoms with Crippen molar-refractivity contribution in [2.24, 2.45) is 0 Å². The first kappa shape index (κ1) is 22.8. The highest BCUT2D eigenvalue weighted by molar-refractivity contribution is 7.90. The number of benzene rings is 2. The van der Waals surface area contributed by atoms with Gasteiger partial charge >= 0.3 is 0 Å². The van der Waals surface area contributed by atoms with E-state index >= 15 is 0 Å². The van der Waals surface area contributed by atoms with Gasteiger partial charge < -0.3 is 5.11 Å². The van der Waals surface area contributed by atoms with E-state index < -0.39 is 9.84 Å². The van der Waals surface area contributed by atoms with E-state index in [0.29, 0.717) is 11.3 Å². The van der Waals surface area contributed by atoms with Crippen LogP contribution in [0.2, 0.25) is 0 Å². The Morgan fingerprint density at radius 1 is 0.879 bits per heavy atom. The van der Waals surface area contributed by atoms with Crippen LogP contribution in [0.4, 0.5) is 0 Å². The summed E-state index contributed by atoms with van der Waals surface area (Å²) in [6.45, 7) is -0.0398. The van der Waals surface area contributed by atoms with E-state index in [1.165, 1.54) is 11.8 Å². The molecule has 2 aromatic heterocycles. The van der Waals surface area contributed by atoms with Gasteiger partial charge in [0.15, 0.2) is 9.84 Å². The quantitative estimate of drug-likeness (QED) is 0.410. The number of hydrogen-bond acceptors (Lipinski definition) is 6. The van der Waals surface area contributed by atoms with Gasteiger partial charge in [-0.2, -0.15) is 0 Å². The molecular weight excluding hydrogens is 436 g/mol. The van der Waals surface area contributed by atoms with Crippen molar-refractivity contribution >= 4 is 9.84 Å². The lowest BCUT2D eigenvalue weighted by molar-refractivity contribution is 0.216. The predicted octanol–water partition coefficient (Wildman–Crippen LogP) is 3.30. The smallest absolute Gasteiger partial charge is 0.175 e. The lowest BCUT2D eigenvalue weighted by Crippen LogP contribution is -2.16. The van der Waals surface area contributed by atoms with E-state index in [4.69, 9.17) is 0 Å². The molecule has 0 saturated heterocycles. The lowest BCUT2D eigenvalue weighted by atomic mass is 10.0. The van der Waals surface area contributed by atoms with Crippen molar-refractivity contribution in [1.82, 2.24) is 20.0 Å². The van der Waals surface area contributed by atoms with Gasteiger partial charge in [-0.3, -0.25) is 4.98 Å². The molecule has 33 heavy (non-hydrogen) atoms. The Morgan fingerprint density at radius 3 is 2.12 bits per heavy atom. The molecule has 0 aliphatic rings. The topological polar surface area (TPSA) is 98.0 Å². The van der Waals surface area contributed by atoms with Crippen LogP contribution in [-0.2, 0) is 29.1 Å².